The van der Waals surface area contributed by atoms with Crippen LogP contribution >= 0.6 is 0 Å². The lowest BCUT2D eigenvalue weighted by molar-refractivity contribution is -0.317. The highest BCUT2D eigenvalue weighted by Gasteiger charge is 2.10. The van der Waals surface area contributed by atoms with E-state index >= 15 is 0 Å². The molecule has 0 aliphatic carbocycles. The van der Waals surface area contributed by atoms with Gasteiger partial charge in [0.25, 0.3) is 0 Å². The summed E-state index contributed by atoms with van der Waals surface area (Å²) in [6, 6.07) is 0. The quantitative estimate of drug-likeness (QED) is 0.503. The van der Waals surface area contributed by atoms with Crippen molar-refractivity contribution in [1.82, 2.24) is 0 Å². The molecule has 0 bridgehead atoms. The zero-order valence-electron chi connectivity index (χ0n) is 8.56. The van der Waals surface area contributed by atoms with Gasteiger partial charge in [-0.3, -0.25) is 0 Å². The highest BCUT2D eigenvalue weighted by Crippen LogP contribution is 1.99. The van der Waals surface area contributed by atoms with Crippen molar-refractivity contribution in [3.05, 3.63) is 0 Å². The summed E-state index contributed by atoms with van der Waals surface area (Å²) in [7, 11) is 0. The molecule has 3 atom stereocenters. The van der Waals surface area contributed by atoms with Crippen molar-refractivity contribution in [2.45, 2.75) is 39.1 Å². The number of carboxylic acids is 1. The van der Waals surface area contributed by atoms with Gasteiger partial charge in [-0.25, -0.2) is 0 Å². The minimum absolute atomic E-state index is 0.178. The predicted octanol–water partition coefficient (Wildman–Crippen LogP) is -0.866. The van der Waals surface area contributed by atoms with Gasteiger partial charge in [0.15, 0.2) is 0 Å². The van der Waals surface area contributed by atoms with E-state index in [9.17, 15) is 14.7 Å². The summed E-state index contributed by atoms with van der Waals surface area (Å²) < 4.78 is 10.0. The van der Waals surface area contributed by atoms with Gasteiger partial charge in [0.1, 0.15) is 12.4 Å². The fraction of sp³-hybridized carbons (Fsp3) is 0.778. The Morgan fingerprint density at radius 2 is 2.00 bits per heavy atom. The Labute approximate surface area is 83.0 Å². The molecule has 0 heterocycles. The van der Waals surface area contributed by atoms with Crippen LogP contribution in [0.15, 0.2) is 0 Å². The number of hydrogen-bond acceptors (Lipinski definition) is 5. The SMILES string of the molecule is CC(C=O)OCC(C)OC(C)C(=O)[O-]. The molecule has 0 aromatic heterocycles. The average Bonchev–Trinajstić information content (AvgIpc) is 2.13. The summed E-state index contributed by atoms with van der Waals surface area (Å²) in [5, 5.41) is 10.3. The van der Waals surface area contributed by atoms with Crippen LogP contribution < -0.4 is 5.11 Å². The van der Waals surface area contributed by atoms with Crippen LogP contribution in [0.1, 0.15) is 20.8 Å². The van der Waals surface area contributed by atoms with Gasteiger partial charge in [-0.05, 0) is 20.8 Å². The van der Waals surface area contributed by atoms with Gasteiger partial charge in [-0.15, -0.1) is 0 Å². The molecule has 0 radical (unpaired) electrons. The van der Waals surface area contributed by atoms with Crippen LogP contribution in [-0.2, 0) is 19.1 Å². The molecule has 82 valence electrons. The van der Waals surface area contributed by atoms with E-state index in [0.717, 1.165) is 0 Å². The number of aliphatic carboxylic acids is 1. The van der Waals surface area contributed by atoms with Gasteiger partial charge < -0.3 is 24.2 Å². The van der Waals surface area contributed by atoms with E-state index < -0.39 is 18.2 Å². The average molecular weight is 203 g/mol. The summed E-state index contributed by atoms with van der Waals surface area (Å²) in [6.45, 7) is 4.82. The minimum Gasteiger partial charge on any atom is -0.547 e. The first-order chi connectivity index (χ1) is 6.47. The van der Waals surface area contributed by atoms with Crippen molar-refractivity contribution in [2.75, 3.05) is 6.61 Å². The molecule has 0 aromatic carbocycles. The summed E-state index contributed by atoms with van der Waals surface area (Å²) in [6.07, 6.45) is -1.20. The molecule has 5 nitrogen and oxygen atoms in total. The lowest BCUT2D eigenvalue weighted by atomic mass is 10.3. The third-order valence-corrected chi connectivity index (χ3v) is 1.55. The Hall–Kier alpha value is -0.940. The molecule has 0 amide bonds. The van der Waals surface area contributed by atoms with Gasteiger partial charge in [0.2, 0.25) is 0 Å². The van der Waals surface area contributed by atoms with Crippen molar-refractivity contribution >= 4 is 12.3 Å². The molecular formula is C9H15O5-. The van der Waals surface area contributed by atoms with E-state index in [1.165, 1.54) is 6.92 Å². The van der Waals surface area contributed by atoms with Crippen molar-refractivity contribution in [3.8, 4) is 0 Å². The van der Waals surface area contributed by atoms with E-state index in [1.54, 1.807) is 13.8 Å². The molecule has 0 saturated carbocycles. The van der Waals surface area contributed by atoms with Crippen LogP contribution in [0, 0.1) is 0 Å². The fourth-order valence-electron chi connectivity index (χ4n) is 0.770. The van der Waals surface area contributed by atoms with Crippen molar-refractivity contribution in [2.24, 2.45) is 0 Å². The van der Waals surface area contributed by atoms with Crippen LogP contribution in [0.3, 0.4) is 0 Å². The second-order valence-electron chi connectivity index (χ2n) is 3.08. The summed E-state index contributed by atoms with van der Waals surface area (Å²) in [5.41, 5.74) is 0. The molecular weight excluding hydrogens is 188 g/mol. The number of hydrogen-bond donors (Lipinski definition) is 0. The number of rotatable bonds is 7. The first kappa shape index (κ1) is 13.1. The lowest BCUT2D eigenvalue weighted by Crippen LogP contribution is -2.38. The van der Waals surface area contributed by atoms with E-state index in [4.69, 9.17) is 9.47 Å². The molecule has 0 aromatic rings. The van der Waals surface area contributed by atoms with Crippen LogP contribution in [-0.4, -0.2) is 37.2 Å². The van der Waals surface area contributed by atoms with Crippen LogP contribution in [0.4, 0.5) is 0 Å². The molecule has 3 unspecified atom stereocenters. The number of ether oxygens (including phenoxy) is 2. The molecule has 0 aliphatic rings. The second kappa shape index (κ2) is 6.50. The van der Waals surface area contributed by atoms with Gasteiger partial charge >= 0.3 is 0 Å². The summed E-state index contributed by atoms with van der Waals surface area (Å²) in [4.78, 5) is 20.5. The van der Waals surface area contributed by atoms with Crippen LogP contribution in [0.2, 0.25) is 0 Å². The molecule has 0 saturated heterocycles. The third-order valence-electron chi connectivity index (χ3n) is 1.55. The Balaban J connectivity index is 3.69. The van der Waals surface area contributed by atoms with Crippen molar-refractivity contribution in [3.63, 3.8) is 0 Å². The lowest BCUT2D eigenvalue weighted by Gasteiger charge is -2.20. The van der Waals surface area contributed by atoms with Gasteiger partial charge in [0.05, 0.1) is 24.8 Å². The third kappa shape index (κ3) is 5.66. The normalized spacial score (nSPS) is 17.1. The Kier molecular flexibility index (Phi) is 6.07. The number of carbonyl (C=O) groups excluding carboxylic acids is 2. The zero-order chi connectivity index (χ0) is 11.1. The molecule has 0 spiro atoms. The smallest absolute Gasteiger partial charge is 0.148 e. The Morgan fingerprint density at radius 3 is 2.43 bits per heavy atom. The number of carbonyl (C=O) groups is 2. The van der Waals surface area contributed by atoms with E-state index in [2.05, 4.69) is 0 Å². The topological polar surface area (TPSA) is 75.7 Å². The van der Waals surface area contributed by atoms with Gasteiger partial charge in [-0.2, -0.15) is 0 Å². The van der Waals surface area contributed by atoms with Gasteiger partial charge in [0, 0.05) is 0 Å². The van der Waals surface area contributed by atoms with E-state index in [0.29, 0.717) is 6.29 Å². The Bertz CT molecular complexity index is 192. The molecule has 14 heavy (non-hydrogen) atoms. The van der Waals surface area contributed by atoms with E-state index in [1.807, 2.05) is 0 Å². The highest BCUT2D eigenvalue weighted by molar-refractivity contribution is 5.69. The number of carboxylic acid groups (broad SMARTS) is 1. The molecule has 5 heteroatoms. The van der Waals surface area contributed by atoms with Crippen molar-refractivity contribution < 1.29 is 24.2 Å². The monoisotopic (exact) mass is 203 g/mol. The Morgan fingerprint density at radius 1 is 1.43 bits per heavy atom. The summed E-state index contributed by atoms with van der Waals surface area (Å²) >= 11 is 0. The van der Waals surface area contributed by atoms with Crippen LogP contribution in [0.5, 0.6) is 0 Å². The summed E-state index contributed by atoms with van der Waals surface area (Å²) in [5.74, 6) is -1.26. The molecule has 0 aliphatic heterocycles. The first-order valence-corrected chi connectivity index (χ1v) is 4.40. The fourth-order valence-corrected chi connectivity index (χ4v) is 0.770. The molecule has 0 N–H and O–H groups in total. The molecule has 0 fully saturated rings. The maximum Gasteiger partial charge on any atom is 0.148 e. The number of aldehydes is 1. The largest absolute Gasteiger partial charge is 0.547 e. The predicted molar refractivity (Wildman–Crippen MR) is 46.5 cm³/mol. The first-order valence-electron chi connectivity index (χ1n) is 4.40. The van der Waals surface area contributed by atoms with Gasteiger partial charge in [-0.1, -0.05) is 0 Å². The maximum absolute atomic E-state index is 10.3. The van der Waals surface area contributed by atoms with E-state index in [-0.39, 0.29) is 12.7 Å². The molecule has 0 rings (SSSR count). The standard InChI is InChI=1S/C9H16O5/c1-6(4-10)13-5-7(2)14-8(3)9(11)12/h4,6-8H,5H2,1-3H3,(H,11,12)/p-1. The van der Waals surface area contributed by atoms with Crippen molar-refractivity contribution in [1.29, 1.82) is 0 Å². The van der Waals surface area contributed by atoms with Crippen LogP contribution in [0.25, 0.3) is 0 Å². The highest BCUT2D eigenvalue weighted by atomic mass is 16.6. The second-order valence-corrected chi connectivity index (χ2v) is 3.08. The minimum atomic E-state index is -1.26. The maximum atomic E-state index is 10.3. The zero-order valence-corrected chi connectivity index (χ0v) is 8.56.